The molecule has 2 heterocycles. The van der Waals surface area contributed by atoms with Gasteiger partial charge in [0.2, 0.25) is 0 Å². The number of aromatic nitrogens is 1. The molecule has 0 spiro atoms. The first-order valence-electron chi connectivity index (χ1n) is 6.58. The molecule has 1 fully saturated rings. The van der Waals surface area contributed by atoms with Crippen molar-refractivity contribution in [2.75, 3.05) is 32.1 Å². The highest BCUT2D eigenvalue weighted by Gasteiger charge is 2.33. The van der Waals surface area contributed by atoms with Crippen molar-refractivity contribution in [2.24, 2.45) is 5.92 Å². The quantitative estimate of drug-likeness (QED) is 0.913. The molecule has 2 atom stereocenters. The van der Waals surface area contributed by atoms with Gasteiger partial charge in [-0.15, -0.1) is 0 Å². The van der Waals surface area contributed by atoms with Crippen molar-refractivity contribution in [3.05, 3.63) is 10.6 Å². The van der Waals surface area contributed by atoms with Crippen LogP contribution in [0.15, 0.2) is 0 Å². The number of hydrogen-bond acceptors (Lipinski definition) is 5. The zero-order valence-electron chi connectivity index (χ0n) is 11.9. The standard InChI is InChI=1S/C13H21N3O2S/c1-5-9-11(12(17)18)19-13(14-9)16-6-8(2)10(7-16)15(3)4/h8,10H,5-7H2,1-4H3,(H,17,18). The fraction of sp³-hybridized carbons (Fsp3) is 0.692. The Morgan fingerprint density at radius 1 is 1.53 bits per heavy atom. The van der Waals surface area contributed by atoms with E-state index in [1.165, 1.54) is 11.3 Å². The van der Waals surface area contributed by atoms with Crippen LogP contribution in [-0.2, 0) is 6.42 Å². The largest absolute Gasteiger partial charge is 0.477 e. The molecule has 0 saturated carbocycles. The Kier molecular flexibility index (Phi) is 4.10. The maximum atomic E-state index is 11.2. The fourth-order valence-electron chi connectivity index (χ4n) is 2.66. The van der Waals surface area contributed by atoms with Gasteiger partial charge in [-0.05, 0) is 26.4 Å². The summed E-state index contributed by atoms with van der Waals surface area (Å²) < 4.78 is 0. The first kappa shape index (κ1) is 14.3. The van der Waals surface area contributed by atoms with Crippen molar-refractivity contribution in [1.82, 2.24) is 9.88 Å². The number of carboxylic acids is 1. The molecule has 1 aliphatic rings. The number of aryl methyl sites for hydroxylation is 1. The lowest BCUT2D eigenvalue weighted by Crippen LogP contribution is -2.34. The van der Waals surface area contributed by atoms with Gasteiger partial charge >= 0.3 is 5.97 Å². The third kappa shape index (κ3) is 2.74. The molecule has 19 heavy (non-hydrogen) atoms. The van der Waals surface area contributed by atoms with E-state index in [9.17, 15) is 9.90 Å². The summed E-state index contributed by atoms with van der Waals surface area (Å²) in [6.45, 7) is 6.04. The Morgan fingerprint density at radius 3 is 2.63 bits per heavy atom. The maximum absolute atomic E-state index is 11.2. The van der Waals surface area contributed by atoms with Crippen LogP contribution < -0.4 is 4.90 Å². The van der Waals surface area contributed by atoms with Crippen molar-refractivity contribution in [3.63, 3.8) is 0 Å². The number of thiazole rings is 1. The van der Waals surface area contributed by atoms with Gasteiger partial charge in [0.25, 0.3) is 0 Å². The zero-order valence-corrected chi connectivity index (χ0v) is 12.7. The number of hydrogen-bond donors (Lipinski definition) is 1. The Hall–Kier alpha value is -1.14. The van der Waals surface area contributed by atoms with E-state index in [4.69, 9.17) is 0 Å². The van der Waals surface area contributed by atoms with E-state index < -0.39 is 5.97 Å². The molecule has 1 N–H and O–H groups in total. The number of nitrogens with zero attached hydrogens (tertiary/aromatic N) is 3. The first-order valence-corrected chi connectivity index (χ1v) is 7.40. The second kappa shape index (κ2) is 5.46. The molecular weight excluding hydrogens is 262 g/mol. The number of anilines is 1. The van der Waals surface area contributed by atoms with Crippen LogP contribution in [-0.4, -0.2) is 54.2 Å². The molecule has 1 aromatic heterocycles. The maximum Gasteiger partial charge on any atom is 0.347 e. The molecular formula is C13H21N3O2S. The Morgan fingerprint density at radius 2 is 2.21 bits per heavy atom. The molecule has 2 rings (SSSR count). The molecule has 0 aliphatic carbocycles. The monoisotopic (exact) mass is 283 g/mol. The lowest BCUT2D eigenvalue weighted by Gasteiger charge is -2.22. The summed E-state index contributed by atoms with van der Waals surface area (Å²) >= 11 is 1.30. The SMILES string of the molecule is CCc1nc(N2CC(C)C(N(C)C)C2)sc1C(=O)O. The average molecular weight is 283 g/mol. The van der Waals surface area contributed by atoms with Crippen LogP contribution in [0.4, 0.5) is 5.13 Å². The summed E-state index contributed by atoms with van der Waals surface area (Å²) in [5, 5.41) is 10.0. The van der Waals surface area contributed by atoms with Gasteiger partial charge < -0.3 is 14.9 Å². The Balaban J connectivity index is 2.22. The molecule has 1 aromatic rings. The van der Waals surface area contributed by atoms with Gasteiger partial charge in [-0.2, -0.15) is 0 Å². The van der Waals surface area contributed by atoms with Crippen molar-refractivity contribution >= 4 is 22.4 Å². The van der Waals surface area contributed by atoms with Gasteiger partial charge in [-0.3, -0.25) is 0 Å². The van der Waals surface area contributed by atoms with Crippen LogP contribution in [0.1, 0.15) is 29.2 Å². The topological polar surface area (TPSA) is 56.7 Å². The normalized spacial score (nSPS) is 23.3. The molecule has 5 nitrogen and oxygen atoms in total. The number of rotatable bonds is 4. The van der Waals surface area contributed by atoms with Crippen LogP contribution in [0.3, 0.4) is 0 Å². The van der Waals surface area contributed by atoms with Gasteiger partial charge in [-0.1, -0.05) is 25.2 Å². The lowest BCUT2D eigenvalue weighted by molar-refractivity contribution is 0.0701. The third-order valence-corrected chi connectivity index (χ3v) is 4.87. The summed E-state index contributed by atoms with van der Waals surface area (Å²) in [7, 11) is 4.18. The van der Waals surface area contributed by atoms with Crippen LogP contribution in [0.25, 0.3) is 0 Å². The van der Waals surface area contributed by atoms with Crippen LogP contribution in [0.5, 0.6) is 0 Å². The van der Waals surface area contributed by atoms with Crippen LogP contribution >= 0.6 is 11.3 Å². The molecule has 0 bridgehead atoms. The minimum Gasteiger partial charge on any atom is -0.477 e. The summed E-state index contributed by atoms with van der Waals surface area (Å²) in [6, 6.07) is 0.502. The molecule has 0 amide bonds. The van der Waals surface area contributed by atoms with E-state index >= 15 is 0 Å². The van der Waals surface area contributed by atoms with E-state index in [1.54, 1.807) is 0 Å². The Bertz CT molecular complexity index is 472. The third-order valence-electron chi connectivity index (χ3n) is 3.72. The number of likely N-dealkylation sites (N-methyl/N-ethyl adjacent to an activating group) is 1. The van der Waals surface area contributed by atoms with Gasteiger partial charge in [0.15, 0.2) is 5.13 Å². The van der Waals surface area contributed by atoms with Gasteiger partial charge in [0, 0.05) is 19.1 Å². The average Bonchev–Trinajstić information content (AvgIpc) is 2.91. The van der Waals surface area contributed by atoms with Crippen molar-refractivity contribution < 1.29 is 9.90 Å². The van der Waals surface area contributed by atoms with Crippen molar-refractivity contribution in [2.45, 2.75) is 26.3 Å². The van der Waals surface area contributed by atoms with Crippen molar-refractivity contribution in [3.8, 4) is 0 Å². The second-order valence-corrected chi connectivity index (χ2v) is 6.32. The predicted octanol–water partition coefficient (Wildman–Crippen LogP) is 1.79. The van der Waals surface area contributed by atoms with E-state index in [2.05, 4.69) is 35.8 Å². The minimum absolute atomic E-state index is 0.387. The highest BCUT2D eigenvalue weighted by molar-refractivity contribution is 7.17. The van der Waals surface area contributed by atoms with E-state index in [0.717, 1.165) is 18.2 Å². The highest BCUT2D eigenvalue weighted by atomic mass is 32.1. The lowest BCUT2D eigenvalue weighted by atomic mass is 10.1. The van der Waals surface area contributed by atoms with E-state index in [1.807, 2.05) is 6.92 Å². The number of aromatic carboxylic acids is 1. The highest BCUT2D eigenvalue weighted by Crippen LogP contribution is 2.31. The van der Waals surface area contributed by atoms with Crippen molar-refractivity contribution in [1.29, 1.82) is 0 Å². The molecule has 6 heteroatoms. The molecule has 2 unspecified atom stereocenters. The summed E-state index contributed by atoms with van der Waals surface area (Å²) in [4.78, 5) is 20.5. The molecule has 1 saturated heterocycles. The molecule has 0 radical (unpaired) electrons. The fourth-order valence-corrected chi connectivity index (χ4v) is 3.67. The zero-order chi connectivity index (χ0) is 14.2. The molecule has 106 valence electrons. The minimum atomic E-state index is -0.864. The molecule has 0 aromatic carbocycles. The molecule has 1 aliphatic heterocycles. The van der Waals surface area contributed by atoms with Crippen LogP contribution in [0.2, 0.25) is 0 Å². The van der Waals surface area contributed by atoms with Gasteiger partial charge in [-0.25, -0.2) is 9.78 Å². The summed E-state index contributed by atoms with van der Waals surface area (Å²) in [6.07, 6.45) is 0.665. The van der Waals surface area contributed by atoms with Crippen LogP contribution in [0, 0.1) is 5.92 Å². The van der Waals surface area contributed by atoms with E-state index in [-0.39, 0.29) is 0 Å². The predicted molar refractivity (Wildman–Crippen MR) is 77.3 cm³/mol. The van der Waals surface area contributed by atoms with Gasteiger partial charge in [0.05, 0.1) is 5.69 Å². The second-order valence-electron chi connectivity index (χ2n) is 5.34. The number of carbonyl (C=O) groups is 1. The van der Waals surface area contributed by atoms with E-state index in [0.29, 0.717) is 29.0 Å². The first-order chi connectivity index (χ1) is 8.93. The van der Waals surface area contributed by atoms with Gasteiger partial charge in [0.1, 0.15) is 4.88 Å². The Labute approximate surface area is 117 Å². The smallest absolute Gasteiger partial charge is 0.347 e. The summed E-state index contributed by atoms with van der Waals surface area (Å²) in [5.41, 5.74) is 0.702. The summed E-state index contributed by atoms with van der Waals surface area (Å²) in [5.74, 6) is -0.297. The number of carboxylic acid groups (broad SMARTS) is 1.